The van der Waals surface area contributed by atoms with Crippen molar-refractivity contribution in [3.05, 3.63) is 24.3 Å². The minimum absolute atomic E-state index is 0.307. The summed E-state index contributed by atoms with van der Waals surface area (Å²) in [4.78, 5) is 0.307. The molecule has 0 radical (unpaired) electrons. The number of anilines is 1. The Morgan fingerprint density at radius 1 is 1.16 bits per heavy atom. The van der Waals surface area contributed by atoms with Crippen LogP contribution in [0.25, 0.3) is 0 Å². The van der Waals surface area contributed by atoms with Crippen molar-refractivity contribution in [2.24, 2.45) is 0 Å². The molecule has 0 amide bonds. The van der Waals surface area contributed by atoms with Crippen LogP contribution in [0.4, 0.5) is 5.69 Å². The van der Waals surface area contributed by atoms with Crippen LogP contribution in [0.1, 0.15) is 19.3 Å². The molecule has 0 saturated carbocycles. The smallest absolute Gasteiger partial charge is 0.242 e. The predicted molar refractivity (Wildman–Crippen MR) is 83.4 cm³/mol. The zero-order chi connectivity index (χ0) is 14.1. The summed E-state index contributed by atoms with van der Waals surface area (Å²) in [6.45, 7) is 0.796. The number of para-hydroxylation sites is 1. The molecule has 19 heavy (non-hydrogen) atoms. The molecule has 0 aromatic heterocycles. The Bertz CT molecular complexity index is 475. The third kappa shape index (κ3) is 5.42. The molecule has 0 aliphatic carbocycles. The zero-order valence-electron chi connectivity index (χ0n) is 11.5. The average Bonchev–Trinajstić information content (AvgIpc) is 2.43. The maximum Gasteiger partial charge on any atom is 0.242 e. The van der Waals surface area contributed by atoms with Gasteiger partial charge in [0, 0.05) is 6.54 Å². The molecule has 0 saturated heterocycles. The highest BCUT2D eigenvalue weighted by Crippen LogP contribution is 2.20. The van der Waals surface area contributed by atoms with Gasteiger partial charge in [0.15, 0.2) is 0 Å². The van der Waals surface area contributed by atoms with Crippen molar-refractivity contribution in [2.75, 3.05) is 30.9 Å². The first-order valence-corrected chi connectivity index (χ1v) is 9.25. The van der Waals surface area contributed by atoms with Gasteiger partial charge in [-0.3, -0.25) is 0 Å². The molecule has 0 bridgehead atoms. The van der Waals surface area contributed by atoms with E-state index in [0.717, 1.165) is 19.4 Å². The summed E-state index contributed by atoms with van der Waals surface area (Å²) >= 11 is 1.86. The second-order valence-electron chi connectivity index (χ2n) is 4.18. The number of hydrogen-bond acceptors (Lipinski definition) is 4. The van der Waals surface area contributed by atoms with E-state index in [-0.39, 0.29) is 0 Å². The zero-order valence-corrected chi connectivity index (χ0v) is 13.1. The van der Waals surface area contributed by atoms with Gasteiger partial charge in [0.05, 0.1) is 5.69 Å². The lowest BCUT2D eigenvalue weighted by molar-refractivity contribution is 0.588. The van der Waals surface area contributed by atoms with Gasteiger partial charge in [0.25, 0.3) is 0 Å². The summed E-state index contributed by atoms with van der Waals surface area (Å²) in [7, 11) is -1.97. The van der Waals surface area contributed by atoms with Gasteiger partial charge in [-0.05, 0) is 44.0 Å². The van der Waals surface area contributed by atoms with Crippen molar-refractivity contribution in [1.29, 1.82) is 0 Å². The maximum absolute atomic E-state index is 11.8. The topological polar surface area (TPSA) is 58.2 Å². The Balaban J connectivity index is 2.55. The summed E-state index contributed by atoms with van der Waals surface area (Å²) in [5.74, 6) is 1.19. The van der Waals surface area contributed by atoms with E-state index in [1.165, 1.54) is 19.2 Å². The molecule has 0 aliphatic heterocycles. The summed E-state index contributed by atoms with van der Waals surface area (Å²) < 4.78 is 26.0. The highest BCUT2D eigenvalue weighted by molar-refractivity contribution is 7.98. The lowest BCUT2D eigenvalue weighted by atomic mass is 10.2. The Morgan fingerprint density at radius 2 is 1.89 bits per heavy atom. The molecule has 1 aromatic rings. The van der Waals surface area contributed by atoms with Gasteiger partial charge in [-0.1, -0.05) is 18.6 Å². The largest absolute Gasteiger partial charge is 0.384 e. The van der Waals surface area contributed by atoms with Crippen LogP contribution in [0.15, 0.2) is 29.2 Å². The maximum atomic E-state index is 11.8. The van der Waals surface area contributed by atoms with E-state index < -0.39 is 10.0 Å². The van der Waals surface area contributed by atoms with Gasteiger partial charge in [-0.25, -0.2) is 13.1 Å². The number of hydrogen-bond donors (Lipinski definition) is 2. The van der Waals surface area contributed by atoms with Crippen molar-refractivity contribution >= 4 is 27.5 Å². The fourth-order valence-corrected chi connectivity index (χ4v) is 3.13. The number of unbranched alkanes of at least 4 members (excludes halogenated alkanes) is 2. The van der Waals surface area contributed by atoms with Gasteiger partial charge in [0.2, 0.25) is 10.0 Å². The van der Waals surface area contributed by atoms with Crippen LogP contribution in [0.2, 0.25) is 0 Å². The molecule has 0 fully saturated rings. The second kappa shape index (κ2) is 8.45. The van der Waals surface area contributed by atoms with Crippen LogP contribution in [0, 0.1) is 0 Å². The van der Waals surface area contributed by atoms with Crippen molar-refractivity contribution in [1.82, 2.24) is 4.72 Å². The van der Waals surface area contributed by atoms with Crippen LogP contribution in [0.5, 0.6) is 0 Å². The summed E-state index contributed by atoms with van der Waals surface area (Å²) in [5, 5.41) is 3.20. The molecule has 4 nitrogen and oxygen atoms in total. The summed E-state index contributed by atoms with van der Waals surface area (Å²) in [5.41, 5.74) is 0.668. The van der Waals surface area contributed by atoms with Crippen molar-refractivity contribution in [2.45, 2.75) is 24.2 Å². The van der Waals surface area contributed by atoms with Gasteiger partial charge >= 0.3 is 0 Å². The molecule has 0 atom stereocenters. The van der Waals surface area contributed by atoms with E-state index in [1.54, 1.807) is 18.2 Å². The number of sulfonamides is 1. The molecule has 1 rings (SSSR count). The third-order valence-corrected chi connectivity index (χ3v) is 4.96. The van der Waals surface area contributed by atoms with E-state index in [2.05, 4.69) is 16.3 Å². The molecular formula is C13H22N2O2S2. The van der Waals surface area contributed by atoms with Crippen LogP contribution in [-0.4, -0.2) is 34.0 Å². The van der Waals surface area contributed by atoms with Crippen LogP contribution >= 0.6 is 11.8 Å². The van der Waals surface area contributed by atoms with Crippen LogP contribution in [0.3, 0.4) is 0 Å². The molecule has 108 valence electrons. The van der Waals surface area contributed by atoms with Crippen molar-refractivity contribution in [3.8, 4) is 0 Å². The van der Waals surface area contributed by atoms with Crippen LogP contribution < -0.4 is 10.0 Å². The first-order chi connectivity index (χ1) is 9.11. The Kier molecular flexibility index (Phi) is 7.27. The Hall–Kier alpha value is -0.720. The van der Waals surface area contributed by atoms with E-state index in [0.29, 0.717) is 10.6 Å². The number of thioether (sulfide) groups is 1. The van der Waals surface area contributed by atoms with Gasteiger partial charge in [0.1, 0.15) is 4.90 Å². The fourth-order valence-electron chi connectivity index (χ4n) is 1.73. The van der Waals surface area contributed by atoms with E-state index >= 15 is 0 Å². The van der Waals surface area contributed by atoms with Gasteiger partial charge in [-0.15, -0.1) is 0 Å². The lowest BCUT2D eigenvalue weighted by Gasteiger charge is -2.11. The lowest BCUT2D eigenvalue weighted by Crippen LogP contribution is -2.20. The molecule has 0 unspecified atom stereocenters. The predicted octanol–water partition coefficient (Wildman–Crippen LogP) is 2.54. The first-order valence-electron chi connectivity index (χ1n) is 6.37. The molecule has 2 N–H and O–H groups in total. The highest BCUT2D eigenvalue weighted by atomic mass is 32.2. The number of benzene rings is 1. The average molecular weight is 302 g/mol. The third-order valence-electron chi connectivity index (χ3n) is 2.79. The molecule has 6 heteroatoms. The quantitative estimate of drug-likeness (QED) is 0.688. The molecule has 1 aromatic carbocycles. The minimum atomic E-state index is -3.40. The molecular weight excluding hydrogens is 280 g/mol. The summed E-state index contributed by atoms with van der Waals surface area (Å²) in [6.07, 6.45) is 5.53. The standard InChI is InChI=1S/C13H22N2O2S2/c1-14-19(16,17)13-9-5-4-8-12(13)15-10-6-3-7-11-18-2/h4-5,8-9,14-15H,3,6-7,10-11H2,1-2H3. The fraction of sp³-hybridized carbons (Fsp3) is 0.538. The molecule has 0 spiro atoms. The normalized spacial score (nSPS) is 11.5. The minimum Gasteiger partial charge on any atom is -0.384 e. The Labute approximate surface area is 120 Å². The van der Waals surface area contributed by atoms with E-state index in [1.807, 2.05) is 17.8 Å². The van der Waals surface area contributed by atoms with Crippen LogP contribution in [-0.2, 0) is 10.0 Å². The Morgan fingerprint density at radius 3 is 2.58 bits per heavy atom. The van der Waals surface area contributed by atoms with Crippen molar-refractivity contribution in [3.63, 3.8) is 0 Å². The highest BCUT2D eigenvalue weighted by Gasteiger charge is 2.15. The van der Waals surface area contributed by atoms with E-state index in [9.17, 15) is 8.42 Å². The first kappa shape index (κ1) is 16.3. The molecule has 0 aliphatic rings. The second-order valence-corrected chi connectivity index (χ2v) is 7.02. The van der Waals surface area contributed by atoms with E-state index in [4.69, 9.17) is 0 Å². The van der Waals surface area contributed by atoms with Crippen molar-refractivity contribution < 1.29 is 8.42 Å². The van der Waals surface area contributed by atoms with Gasteiger partial charge < -0.3 is 5.32 Å². The monoisotopic (exact) mass is 302 g/mol. The number of rotatable bonds is 9. The SMILES string of the molecule is CNS(=O)(=O)c1ccccc1NCCCCCSC. The molecule has 0 heterocycles. The number of nitrogens with one attached hydrogen (secondary N) is 2. The van der Waals surface area contributed by atoms with Gasteiger partial charge in [-0.2, -0.15) is 11.8 Å². The summed E-state index contributed by atoms with van der Waals surface area (Å²) in [6, 6.07) is 6.98.